The van der Waals surface area contributed by atoms with Crippen molar-refractivity contribution in [2.75, 3.05) is 0 Å². The van der Waals surface area contributed by atoms with E-state index in [4.69, 9.17) is 0 Å². The molecule has 0 heterocycles. The van der Waals surface area contributed by atoms with Crippen molar-refractivity contribution in [1.29, 1.82) is 0 Å². The van der Waals surface area contributed by atoms with Crippen LogP contribution in [-0.4, -0.2) is 0 Å². The Morgan fingerprint density at radius 3 is 1.17 bits per heavy atom. The summed E-state index contributed by atoms with van der Waals surface area (Å²) in [5.41, 5.74) is 0. The number of rotatable bonds is 9. The van der Waals surface area contributed by atoms with Crippen LogP contribution in [0.2, 0.25) is 0 Å². The zero-order valence-corrected chi connectivity index (χ0v) is 30.1. The molecule has 5 atom stereocenters. The van der Waals surface area contributed by atoms with Crippen molar-refractivity contribution in [3.63, 3.8) is 0 Å². The molecule has 1 rings (SSSR count). The summed E-state index contributed by atoms with van der Waals surface area (Å²) >= 11 is 0. The van der Waals surface area contributed by atoms with E-state index in [-0.39, 0.29) is 0 Å². The smallest absolute Gasteiger partial charge is 0.0358 e. The highest BCUT2D eigenvalue weighted by molar-refractivity contribution is 4.82. The van der Waals surface area contributed by atoms with Gasteiger partial charge in [-0.3, -0.25) is 0 Å². The highest BCUT2D eigenvalue weighted by Crippen LogP contribution is 2.42. The zero-order chi connectivity index (χ0) is 30.1. The zero-order valence-electron chi connectivity index (χ0n) is 30.1. The monoisotopic (exact) mass is 517 g/mol. The molecule has 0 saturated heterocycles. The molecule has 1 aliphatic carbocycles. The predicted octanol–water partition coefficient (Wildman–Crippen LogP) is 14.5. The minimum Gasteiger partial charge on any atom is -0.0683 e. The first-order valence-electron chi connectivity index (χ1n) is 17.2. The second-order valence-corrected chi connectivity index (χ2v) is 10.6. The highest BCUT2D eigenvalue weighted by Gasteiger charge is 2.32. The van der Waals surface area contributed by atoms with Crippen LogP contribution < -0.4 is 0 Å². The van der Waals surface area contributed by atoms with Crippen molar-refractivity contribution in [2.45, 2.75) is 196 Å². The van der Waals surface area contributed by atoms with Crippen LogP contribution in [0.4, 0.5) is 0 Å². The predicted molar refractivity (Wildman–Crippen MR) is 178 cm³/mol. The Kier molecular flexibility index (Phi) is 57.3. The molecule has 228 valence electrons. The third kappa shape index (κ3) is 34.0. The SMILES string of the molecule is CC.CC.CC.CC.CCC.CCC(C)C.CCC(C)CC(CC)CC(C)C1CCCCC1C(C)C. The summed E-state index contributed by atoms with van der Waals surface area (Å²) in [5.74, 6) is 6.60. The maximum atomic E-state index is 2.56. The molecule has 0 amide bonds. The molecule has 0 heteroatoms. The average Bonchev–Trinajstić information content (AvgIpc) is 2.93. The summed E-state index contributed by atoms with van der Waals surface area (Å²) in [6.07, 6.45) is 14.2. The first kappa shape index (κ1) is 49.0. The van der Waals surface area contributed by atoms with Crippen LogP contribution in [0.1, 0.15) is 196 Å². The minimum atomic E-state index is 0.884. The third-order valence-corrected chi connectivity index (χ3v) is 6.99. The van der Waals surface area contributed by atoms with E-state index in [0.29, 0.717) is 0 Å². The van der Waals surface area contributed by atoms with Crippen LogP contribution in [0.25, 0.3) is 0 Å². The first-order chi connectivity index (χ1) is 17.2. The Bertz CT molecular complexity index is 303. The topological polar surface area (TPSA) is 0 Å². The molecular formula is C36H84. The lowest BCUT2D eigenvalue weighted by Crippen LogP contribution is -2.30. The van der Waals surface area contributed by atoms with Gasteiger partial charge in [-0.25, -0.2) is 0 Å². The van der Waals surface area contributed by atoms with E-state index in [9.17, 15) is 0 Å². The normalized spacial score (nSPS) is 18.2. The van der Waals surface area contributed by atoms with Gasteiger partial charge in [0.2, 0.25) is 0 Å². The minimum absolute atomic E-state index is 0.884. The third-order valence-electron chi connectivity index (χ3n) is 6.99. The van der Waals surface area contributed by atoms with Crippen molar-refractivity contribution >= 4 is 0 Å². The molecule has 0 aromatic heterocycles. The van der Waals surface area contributed by atoms with Crippen LogP contribution >= 0.6 is 0 Å². The summed E-state index contributed by atoms with van der Waals surface area (Å²) in [4.78, 5) is 0. The van der Waals surface area contributed by atoms with Crippen LogP contribution in [0.5, 0.6) is 0 Å². The second-order valence-electron chi connectivity index (χ2n) is 10.6. The molecule has 0 aromatic rings. The van der Waals surface area contributed by atoms with Crippen molar-refractivity contribution in [2.24, 2.45) is 41.4 Å². The van der Waals surface area contributed by atoms with Crippen LogP contribution in [0.3, 0.4) is 0 Å². The van der Waals surface area contributed by atoms with Gasteiger partial charge in [0.15, 0.2) is 0 Å². The van der Waals surface area contributed by atoms with E-state index in [2.05, 4.69) is 76.2 Å². The van der Waals surface area contributed by atoms with Gasteiger partial charge in [0.05, 0.1) is 0 Å². The van der Waals surface area contributed by atoms with E-state index < -0.39 is 0 Å². The van der Waals surface area contributed by atoms with Crippen molar-refractivity contribution in [3.8, 4) is 0 Å². The fourth-order valence-corrected chi connectivity index (χ4v) is 4.59. The summed E-state index contributed by atoms with van der Waals surface area (Å²) < 4.78 is 0. The van der Waals surface area contributed by atoms with Gasteiger partial charge in [-0.2, -0.15) is 0 Å². The summed E-state index contributed by atoms with van der Waals surface area (Å²) in [6.45, 7) is 41.5. The lowest BCUT2D eigenvalue weighted by atomic mass is 9.66. The molecule has 0 radical (unpaired) electrons. The molecular weight excluding hydrogens is 432 g/mol. The van der Waals surface area contributed by atoms with Gasteiger partial charge in [0, 0.05) is 0 Å². The molecule has 0 N–H and O–H groups in total. The molecule has 0 bridgehead atoms. The van der Waals surface area contributed by atoms with Crippen molar-refractivity contribution in [3.05, 3.63) is 0 Å². The van der Waals surface area contributed by atoms with E-state index in [1.807, 2.05) is 55.4 Å². The van der Waals surface area contributed by atoms with Crippen LogP contribution in [0.15, 0.2) is 0 Å². The van der Waals surface area contributed by atoms with E-state index in [1.165, 1.54) is 64.2 Å². The molecule has 5 unspecified atom stereocenters. The Morgan fingerprint density at radius 1 is 0.528 bits per heavy atom. The fourth-order valence-electron chi connectivity index (χ4n) is 4.59. The highest BCUT2D eigenvalue weighted by atomic mass is 14.4. The standard InChI is InChI=1S/C20H40.C5H12.C3H8.4C2H6/c1-7-16(5)13-18(8-2)14-17(6)20-12-10-9-11-19(20)15(3)4;1-4-5(2)3;1-3-2;4*1-2/h15-20H,7-14H2,1-6H3;5H,4H2,1-3H3;3H2,1-2H3;4*1-2H3. The molecule has 1 aliphatic rings. The lowest BCUT2D eigenvalue weighted by molar-refractivity contribution is 0.109. The van der Waals surface area contributed by atoms with Gasteiger partial charge >= 0.3 is 0 Å². The number of hydrogen-bond acceptors (Lipinski definition) is 0. The quantitative estimate of drug-likeness (QED) is 0.286. The van der Waals surface area contributed by atoms with Crippen LogP contribution in [0, 0.1) is 41.4 Å². The Hall–Kier alpha value is 0. The maximum Gasteiger partial charge on any atom is -0.0358 e. The Balaban J connectivity index is -0.000000117. The van der Waals surface area contributed by atoms with Crippen molar-refractivity contribution < 1.29 is 0 Å². The van der Waals surface area contributed by atoms with E-state index >= 15 is 0 Å². The molecule has 0 spiro atoms. The van der Waals surface area contributed by atoms with E-state index in [1.54, 1.807) is 0 Å². The second kappa shape index (κ2) is 42.1. The largest absolute Gasteiger partial charge is 0.0683 e. The fraction of sp³-hybridized carbons (Fsp3) is 1.00. The maximum absolute atomic E-state index is 2.56. The average molecular weight is 517 g/mol. The van der Waals surface area contributed by atoms with Gasteiger partial charge < -0.3 is 0 Å². The summed E-state index contributed by atoms with van der Waals surface area (Å²) in [5, 5.41) is 0. The molecule has 0 aromatic carbocycles. The van der Waals surface area contributed by atoms with Gasteiger partial charge in [-0.1, -0.05) is 170 Å². The molecule has 36 heavy (non-hydrogen) atoms. The van der Waals surface area contributed by atoms with Gasteiger partial charge in [-0.15, -0.1) is 0 Å². The van der Waals surface area contributed by atoms with Gasteiger partial charge in [0.25, 0.3) is 0 Å². The van der Waals surface area contributed by atoms with Gasteiger partial charge in [-0.05, 0) is 67.1 Å². The van der Waals surface area contributed by atoms with E-state index in [0.717, 1.165) is 41.4 Å². The Labute approximate surface area is 237 Å². The van der Waals surface area contributed by atoms with Crippen LogP contribution in [-0.2, 0) is 0 Å². The first-order valence-corrected chi connectivity index (χ1v) is 17.2. The summed E-state index contributed by atoms with van der Waals surface area (Å²) in [6, 6.07) is 0. The molecule has 0 aliphatic heterocycles. The number of hydrogen-bond donors (Lipinski definition) is 0. The Morgan fingerprint density at radius 2 is 0.889 bits per heavy atom. The molecule has 1 saturated carbocycles. The molecule has 0 nitrogen and oxygen atoms in total. The molecule has 1 fully saturated rings. The van der Waals surface area contributed by atoms with Gasteiger partial charge in [0.1, 0.15) is 0 Å². The van der Waals surface area contributed by atoms with Crippen molar-refractivity contribution in [1.82, 2.24) is 0 Å². The lowest BCUT2D eigenvalue weighted by Gasteiger charge is -2.39. The summed E-state index contributed by atoms with van der Waals surface area (Å²) in [7, 11) is 0.